The van der Waals surface area contributed by atoms with Crippen LogP contribution in [0.25, 0.3) is 0 Å². The minimum atomic E-state index is -0.671. The maximum atomic E-state index is 12.1. The van der Waals surface area contributed by atoms with Crippen LogP contribution in [0.4, 0.5) is 5.69 Å². The second-order valence-electron chi connectivity index (χ2n) is 6.44. The maximum Gasteiger partial charge on any atom is 0.338 e. The molecule has 2 aliphatic rings. The van der Waals surface area contributed by atoms with E-state index in [0.717, 1.165) is 17.7 Å². The minimum Gasteiger partial charge on any atom is -0.452 e. The van der Waals surface area contributed by atoms with Crippen molar-refractivity contribution in [2.75, 3.05) is 11.5 Å². The average Bonchev–Trinajstić information content (AvgIpc) is 3.38. The highest BCUT2D eigenvalue weighted by Gasteiger charge is 2.31. The van der Waals surface area contributed by atoms with Crippen molar-refractivity contribution in [1.82, 2.24) is 5.32 Å². The van der Waals surface area contributed by atoms with Gasteiger partial charge in [-0.1, -0.05) is 6.07 Å². The predicted octanol–water partition coefficient (Wildman–Crippen LogP) is 1.41. The number of carbonyl (C=O) groups excluding carboxylic acids is 4. The van der Waals surface area contributed by atoms with Gasteiger partial charge >= 0.3 is 5.97 Å². The Bertz CT molecular complexity index is 710. The number of imide groups is 1. The number of amides is 3. The summed E-state index contributed by atoms with van der Waals surface area (Å²) < 4.78 is 5.02. The van der Waals surface area contributed by atoms with Crippen LogP contribution in [0.3, 0.4) is 0 Å². The Labute approximate surface area is 145 Å². The first-order valence-corrected chi connectivity index (χ1v) is 8.38. The van der Waals surface area contributed by atoms with Crippen LogP contribution in [0.15, 0.2) is 24.3 Å². The van der Waals surface area contributed by atoms with Crippen molar-refractivity contribution in [3.8, 4) is 0 Å². The summed E-state index contributed by atoms with van der Waals surface area (Å²) >= 11 is 0. The number of anilines is 1. The molecule has 0 unspecified atom stereocenters. The zero-order chi connectivity index (χ0) is 18.0. The second kappa shape index (κ2) is 7.04. The van der Waals surface area contributed by atoms with Crippen molar-refractivity contribution in [2.45, 2.75) is 38.6 Å². The van der Waals surface area contributed by atoms with Gasteiger partial charge < -0.3 is 10.1 Å². The highest BCUT2D eigenvalue weighted by atomic mass is 16.5. The topological polar surface area (TPSA) is 92.8 Å². The van der Waals surface area contributed by atoms with Crippen LogP contribution >= 0.6 is 0 Å². The summed E-state index contributed by atoms with van der Waals surface area (Å²) in [6, 6.07) is 6.18. The third-order valence-electron chi connectivity index (χ3n) is 4.44. The van der Waals surface area contributed by atoms with Crippen molar-refractivity contribution in [3.05, 3.63) is 29.8 Å². The van der Waals surface area contributed by atoms with Crippen LogP contribution in [-0.4, -0.2) is 36.3 Å². The number of nitrogens with zero attached hydrogens (tertiary/aromatic N) is 1. The Kier molecular flexibility index (Phi) is 4.83. The van der Waals surface area contributed by atoms with Gasteiger partial charge in [0.05, 0.1) is 11.3 Å². The molecule has 0 bridgehead atoms. The lowest BCUT2D eigenvalue weighted by atomic mass is 10.2. The molecule has 1 N–H and O–H groups in total. The highest BCUT2D eigenvalue weighted by Crippen LogP contribution is 2.32. The first kappa shape index (κ1) is 17.1. The standard InChI is InChI=1S/C18H20N2O5/c1-11(12-5-6-12)19-15(21)10-25-18(24)13-3-2-4-14(9-13)20-16(22)7-8-17(20)23/h2-4,9,11-12H,5-8,10H2,1H3,(H,19,21)/t11-/m0/s1. The molecule has 0 spiro atoms. The first-order valence-electron chi connectivity index (χ1n) is 8.38. The van der Waals surface area contributed by atoms with E-state index < -0.39 is 5.97 Å². The number of benzene rings is 1. The summed E-state index contributed by atoms with van der Waals surface area (Å²) in [7, 11) is 0. The van der Waals surface area contributed by atoms with E-state index in [2.05, 4.69) is 5.32 Å². The minimum absolute atomic E-state index is 0.0849. The molecule has 132 valence electrons. The maximum absolute atomic E-state index is 12.1. The van der Waals surface area contributed by atoms with Crippen LogP contribution in [-0.2, 0) is 19.1 Å². The molecule has 1 atom stereocenters. The predicted molar refractivity (Wildman–Crippen MR) is 88.8 cm³/mol. The first-order chi connectivity index (χ1) is 12.0. The van der Waals surface area contributed by atoms with Gasteiger partial charge in [-0.2, -0.15) is 0 Å². The van der Waals surface area contributed by atoms with Crippen molar-refractivity contribution >= 4 is 29.4 Å². The smallest absolute Gasteiger partial charge is 0.338 e. The van der Waals surface area contributed by atoms with Gasteiger partial charge in [0, 0.05) is 18.9 Å². The molecular formula is C18H20N2O5. The van der Waals surface area contributed by atoms with Crippen LogP contribution in [0.1, 0.15) is 43.0 Å². The molecule has 7 heteroatoms. The van der Waals surface area contributed by atoms with Crippen LogP contribution in [0.5, 0.6) is 0 Å². The van der Waals surface area contributed by atoms with E-state index in [1.54, 1.807) is 12.1 Å². The third kappa shape index (κ3) is 4.04. The molecule has 1 aromatic carbocycles. The van der Waals surface area contributed by atoms with E-state index in [1.165, 1.54) is 12.1 Å². The lowest BCUT2D eigenvalue weighted by molar-refractivity contribution is -0.125. The van der Waals surface area contributed by atoms with Gasteiger partial charge in [-0.25, -0.2) is 4.79 Å². The Hall–Kier alpha value is -2.70. The molecule has 1 heterocycles. The molecule has 0 radical (unpaired) electrons. The molecular weight excluding hydrogens is 324 g/mol. The molecule has 1 aliphatic heterocycles. The van der Waals surface area contributed by atoms with Crippen LogP contribution < -0.4 is 10.2 Å². The molecule has 3 rings (SSSR count). The molecule has 0 aromatic heterocycles. The zero-order valence-electron chi connectivity index (χ0n) is 14.0. The lowest BCUT2D eigenvalue weighted by Gasteiger charge is -2.15. The molecule has 25 heavy (non-hydrogen) atoms. The SMILES string of the molecule is C[C@H](NC(=O)COC(=O)c1cccc(N2C(=O)CCC2=O)c1)C1CC1. The van der Waals surface area contributed by atoms with E-state index in [4.69, 9.17) is 4.74 Å². The highest BCUT2D eigenvalue weighted by molar-refractivity contribution is 6.20. The van der Waals surface area contributed by atoms with Crippen LogP contribution in [0, 0.1) is 5.92 Å². The van der Waals surface area contributed by atoms with E-state index in [-0.39, 0.29) is 48.8 Å². The summed E-state index contributed by atoms with van der Waals surface area (Å²) in [5.74, 6) is -1.07. The fourth-order valence-corrected chi connectivity index (χ4v) is 2.86. The normalized spacial score (nSPS) is 18.2. The van der Waals surface area contributed by atoms with E-state index in [0.29, 0.717) is 11.6 Å². The molecule has 1 aromatic rings. The fraction of sp³-hybridized carbons (Fsp3) is 0.444. The monoisotopic (exact) mass is 344 g/mol. The number of rotatable bonds is 6. The summed E-state index contributed by atoms with van der Waals surface area (Å²) in [6.45, 7) is 1.58. The molecule has 1 saturated carbocycles. The largest absolute Gasteiger partial charge is 0.452 e. The Balaban J connectivity index is 1.58. The van der Waals surface area contributed by atoms with Gasteiger partial charge in [0.2, 0.25) is 11.8 Å². The van der Waals surface area contributed by atoms with E-state index >= 15 is 0 Å². The number of hydrogen-bond acceptors (Lipinski definition) is 5. The van der Waals surface area contributed by atoms with Crippen molar-refractivity contribution in [1.29, 1.82) is 0 Å². The molecule has 1 aliphatic carbocycles. The third-order valence-corrected chi connectivity index (χ3v) is 4.44. The van der Waals surface area contributed by atoms with Crippen molar-refractivity contribution in [2.24, 2.45) is 5.92 Å². The zero-order valence-corrected chi connectivity index (χ0v) is 14.0. The van der Waals surface area contributed by atoms with Gasteiger partial charge in [-0.15, -0.1) is 0 Å². The molecule has 7 nitrogen and oxygen atoms in total. The number of esters is 1. The number of carbonyl (C=O) groups is 4. The summed E-state index contributed by atoms with van der Waals surface area (Å²) in [5, 5.41) is 2.80. The average molecular weight is 344 g/mol. The molecule has 1 saturated heterocycles. The van der Waals surface area contributed by atoms with Gasteiger partial charge in [-0.3, -0.25) is 19.3 Å². The van der Waals surface area contributed by atoms with Gasteiger partial charge in [0.25, 0.3) is 5.91 Å². The lowest BCUT2D eigenvalue weighted by Crippen LogP contribution is -2.37. The van der Waals surface area contributed by atoms with Crippen LogP contribution in [0.2, 0.25) is 0 Å². The summed E-state index contributed by atoms with van der Waals surface area (Å²) in [5.41, 5.74) is 0.529. The number of nitrogens with one attached hydrogen (secondary N) is 1. The molecule has 3 amide bonds. The number of ether oxygens (including phenoxy) is 1. The Morgan fingerprint density at radius 2 is 1.92 bits per heavy atom. The summed E-state index contributed by atoms with van der Waals surface area (Å²) in [4.78, 5) is 48.5. The van der Waals surface area contributed by atoms with E-state index in [9.17, 15) is 19.2 Å². The van der Waals surface area contributed by atoms with Gasteiger partial charge in [-0.05, 0) is 43.9 Å². The second-order valence-corrected chi connectivity index (χ2v) is 6.44. The Morgan fingerprint density at radius 1 is 1.24 bits per heavy atom. The molecule has 2 fully saturated rings. The van der Waals surface area contributed by atoms with Crippen molar-refractivity contribution < 1.29 is 23.9 Å². The van der Waals surface area contributed by atoms with Crippen molar-refractivity contribution in [3.63, 3.8) is 0 Å². The number of hydrogen-bond donors (Lipinski definition) is 1. The fourth-order valence-electron chi connectivity index (χ4n) is 2.86. The quantitative estimate of drug-likeness (QED) is 0.622. The van der Waals surface area contributed by atoms with Gasteiger partial charge in [0.15, 0.2) is 6.61 Å². The van der Waals surface area contributed by atoms with E-state index in [1.807, 2.05) is 6.92 Å². The van der Waals surface area contributed by atoms with Gasteiger partial charge in [0.1, 0.15) is 0 Å². The Morgan fingerprint density at radius 3 is 2.56 bits per heavy atom. The summed E-state index contributed by atoms with van der Waals surface area (Å²) in [6.07, 6.45) is 2.57.